The third kappa shape index (κ3) is 4.28. The molecule has 0 saturated carbocycles. The summed E-state index contributed by atoms with van der Waals surface area (Å²) in [5.74, 6) is 0.785. The monoisotopic (exact) mass is 339 g/mol. The zero-order valence-electron chi connectivity index (χ0n) is 15.1. The van der Waals surface area contributed by atoms with Crippen molar-refractivity contribution < 1.29 is 4.79 Å². The van der Waals surface area contributed by atoms with Crippen LogP contribution in [0, 0.1) is 0 Å². The number of hydrogen-bond acceptors (Lipinski definition) is 5. The topological polar surface area (TPSA) is 51.7 Å². The second kappa shape index (κ2) is 7.53. The maximum absolute atomic E-state index is 12.4. The Hall–Kier alpha value is -2.60. The molecule has 0 unspecified atom stereocenters. The largest absolute Gasteiger partial charge is 0.378 e. The third-order valence-electron chi connectivity index (χ3n) is 4.46. The molecule has 1 fully saturated rings. The van der Waals surface area contributed by atoms with E-state index in [0.29, 0.717) is 5.56 Å². The normalized spacial score (nSPS) is 15.1. The number of anilines is 3. The van der Waals surface area contributed by atoms with Gasteiger partial charge >= 0.3 is 0 Å². The van der Waals surface area contributed by atoms with Gasteiger partial charge in [-0.1, -0.05) is 6.07 Å². The minimum absolute atomic E-state index is 0.145. The van der Waals surface area contributed by atoms with Crippen molar-refractivity contribution >= 4 is 23.1 Å². The highest BCUT2D eigenvalue weighted by molar-refractivity contribution is 6.04. The van der Waals surface area contributed by atoms with Gasteiger partial charge in [-0.2, -0.15) is 0 Å². The van der Waals surface area contributed by atoms with Crippen molar-refractivity contribution in [3.05, 3.63) is 48.2 Å². The summed E-state index contributed by atoms with van der Waals surface area (Å²) in [7, 11) is 6.08. The Morgan fingerprint density at radius 2 is 1.88 bits per heavy atom. The molecule has 0 bridgehead atoms. The lowest BCUT2D eigenvalue weighted by atomic mass is 10.2. The van der Waals surface area contributed by atoms with E-state index in [9.17, 15) is 4.79 Å². The molecule has 0 aliphatic carbocycles. The van der Waals surface area contributed by atoms with Crippen molar-refractivity contribution in [2.75, 3.05) is 62.4 Å². The third-order valence-corrected chi connectivity index (χ3v) is 4.46. The molecule has 6 nitrogen and oxygen atoms in total. The number of amides is 1. The van der Waals surface area contributed by atoms with Crippen LogP contribution >= 0.6 is 0 Å². The number of pyridine rings is 1. The fourth-order valence-corrected chi connectivity index (χ4v) is 2.81. The second-order valence-electron chi connectivity index (χ2n) is 6.59. The Labute approximate surface area is 149 Å². The standard InChI is InChI=1S/C19H25N5O/c1-22(2)17-6-4-5-16(13-17)21-19(25)15-7-8-18(20-14-15)24-11-9-23(3)10-12-24/h4-8,13-14H,9-12H2,1-3H3,(H,21,25). The predicted molar refractivity (Wildman–Crippen MR) is 103 cm³/mol. The van der Waals surface area contributed by atoms with Crippen molar-refractivity contribution in [1.82, 2.24) is 9.88 Å². The van der Waals surface area contributed by atoms with E-state index in [2.05, 4.69) is 27.1 Å². The molecule has 1 aromatic carbocycles. The SMILES string of the molecule is CN1CCN(c2ccc(C(=O)Nc3cccc(N(C)C)c3)cn2)CC1. The van der Waals surface area contributed by atoms with Crippen LogP contribution in [0.15, 0.2) is 42.6 Å². The van der Waals surface area contributed by atoms with E-state index < -0.39 is 0 Å². The number of rotatable bonds is 4. The number of carbonyl (C=O) groups excluding carboxylic acids is 1. The van der Waals surface area contributed by atoms with Crippen LogP contribution in [0.5, 0.6) is 0 Å². The van der Waals surface area contributed by atoms with Gasteiger partial charge in [0.2, 0.25) is 0 Å². The Kier molecular flexibility index (Phi) is 5.19. The van der Waals surface area contributed by atoms with Crippen molar-refractivity contribution in [3.63, 3.8) is 0 Å². The molecule has 0 spiro atoms. The average Bonchev–Trinajstić information content (AvgIpc) is 2.63. The minimum atomic E-state index is -0.145. The molecular weight excluding hydrogens is 314 g/mol. The molecule has 132 valence electrons. The number of benzene rings is 1. The molecule has 1 aliphatic heterocycles. The van der Waals surface area contributed by atoms with Gasteiger partial charge in [0, 0.05) is 57.8 Å². The van der Waals surface area contributed by atoms with E-state index in [0.717, 1.165) is 43.4 Å². The molecule has 2 heterocycles. The zero-order valence-corrected chi connectivity index (χ0v) is 15.1. The van der Waals surface area contributed by atoms with E-state index in [4.69, 9.17) is 0 Å². The minimum Gasteiger partial charge on any atom is -0.378 e. The molecule has 1 aliphatic rings. The summed E-state index contributed by atoms with van der Waals surface area (Å²) in [6.45, 7) is 4.00. The lowest BCUT2D eigenvalue weighted by Crippen LogP contribution is -2.44. The Balaban J connectivity index is 1.65. The van der Waals surface area contributed by atoms with Gasteiger partial charge in [0.1, 0.15) is 5.82 Å². The van der Waals surface area contributed by atoms with Gasteiger partial charge in [0.05, 0.1) is 5.56 Å². The van der Waals surface area contributed by atoms with Crippen molar-refractivity contribution in [3.8, 4) is 0 Å². The summed E-state index contributed by atoms with van der Waals surface area (Å²) in [4.78, 5) is 23.5. The quantitative estimate of drug-likeness (QED) is 0.925. The first-order valence-electron chi connectivity index (χ1n) is 8.51. The summed E-state index contributed by atoms with van der Waals surface area (Å²) >= 11 is 0. The first-order chi connectivity index (χ1) is 12.0. The van der Waals surface area contributed by atoms with Gasteiger partial charge in [0.25, 0.3) is 5.91 Å². The Morgan fingerprint density at radius 1 is 1.12 bits per heavy atom. The number of likely N-dealkylation sites (N-methyl/N-ethyl adjacent to an activating group) is 1. The van der Waals surface area contributed by atoms with Crippen LogP contribution in [-0.2, 0) is 0 Å². The summed E-state index contributed by atoms with van der Waals surface area (Å²) in [5, 5.41) is 2.93. The van der Waals surface area contributed by atoms with Crippen LogP contribution < -0.4 is 15.1 Å². The molecule has 1 aromatic heterocycles. The van der Waals surface area contributed by atoms with Crippen LogP contribution in [-0.4, -0.2) is 63.1 Å². The fourth-order valence-electron chi connectivity index (χ4n) is 2.81. The molecule has 1 saturated heterocycles. The van der Waals surface area contributed by atoms with E-state index in [1.807, 2.05) is 55.4 Å². The zero-order chi connectivity index (χ0) is 17.8. The first-order valence-corrected chi connectivity index (χ1v) is 8.51. The number of nitrogens with zero attached hydrogens (tertiary/aromatic N) is 4. The summed E-state index contributed by atoms with van der Waals surface area (Å²) < 4.78 is 0. The molecule has 0 atom stereocenters. The van der Waals surface area contributed by atoms with E-state index in [1.165, 1.54) is 0 Å². The highest BCUT2D eigenvalue weighted by atomic mass is 16.1. The predicted octanol–water partition coefficient (Wildman–Crippen LogP) is 2.15. The average molecular weight is 339 g/mol. The van der Waals surface area contributed by atoms with E-state index in [-0.39, 0.29) is 5.91 Å². The number of aromatic nitrogens is 1. The van der Waals surface area contributed by atoms with Crippen molar-refractivity contribution in [1.29, 1.82) is 0 Å². The van der Waals surface area contributed by atoms with Gasteiger partial charge < -0.3 is 20.0 Å². The maximum atomic E-state index is 12.4. The van der Waals surface area contributed by atoms with Gasteiger partial charge in [-0.3, -0.25) is 4.79 Å². The van der Waals surface area contributed by atoms with E-state index in [1.54, 1.807) is 6.20 Å². The summed E-state index contributed by atoms with van der Waals surface area (Å²) in [6, 6.07) is 11.5. The molecule has 1 amide bonds. The number of piperazine rings is 1. The fraction of sp³-hybridized carbons (Fsp3) is 0.368. The number of carbonyl (C=O) groups is 1. The first kappa shape index (κ1) is 17.2. The van der Waals surface area contributed by atoms with Crippen LogP contribution in [0.3, 0.4) is 0 Å². The molecule has 3 rings (SSSR count). The van der Waals surface area contributed by atoms with Crippen LogP contribution in [0.1, 0.15) is 10.4 Å². The van der Waals surface area contributed by atoms with Crippen LogP contribution in [0.4, 0.5) is 17.2 Å². The van der Waals surface area contributed by atoms with Crippen molar-refractivity contribution in [2.45, 2.75) is 0 Å². The maximum Gasteiger partial charge on any atom is 0.257 e. The number of nitrogens with one attached hydrogen (secondary N) is 1. The molecule has 6 heteroatoms. The van der Waals surface area contributed by atoms with Crippen molar-refractivity contribution in [2.24, 2.45) is 0 Å². The van der Waals surface area contributed by atoms with Gasteiger partial charge in [-0.15, -0.1) is 0 Å². The van der Waals surface area contributed by atoms with Crippen LogP contribution in [0.25, 0.3) is 0 Å². The highest BCUT2D eigenvalue weighted by Gasteiger charge is 2.16. The Morgan fingerprint density at radius 3 is 2.52 bits per heavy atom. The lowest BCUT2D eigenvalue weighted by molar-refractivity contribution is 0.102. The number of hydrogen-bond donors (Lipinski definition) is 1. The van der Waals surface area contributed by atoms with Gasteiger partial charge in [-0.05, 0) is 37.4 Å². The van der Waals surface area contributed by atoms with Gasteiger partial charge in [0.15, 0.2) is 0 Å². The summed E-state index contributed by atoms with van der Waals surface area (Å²) in [5.41, 5.74) is 2.38. The lowest BCUT2D eigenvalue weighted by Gasteiger charge is -2.33. The summed E-state index contributed by atoms with van der Waals surface area (Å²) in [6.07, 6.45) is 1.65. The molecule has 1 N–H and O–H groups in total. The molecule has 0 radical (unpaired) electrons. The van der Waals surface area contributed by atoms with Gasteiger partial charge in [-0.25, -0.2) is 4.98 Å². The molecule has 2 aromatic rings. The second-order valence-corrected chi connectivity index (χ2v) is 6.59. The molecular formula is C19H25N5O. The van der Waals surface area contributed by atoms with Crippen LogP contribution in [0.2, 0.25) is 0 Å². The van der Waals surface area contributed by atoms with E-state index >= 15 is 0 Å². The Bertz CT molecular complexity index is 721. The molecule has 25 heavy (non-hydrogen) atoms. The highest BCUT2D eigenvalue weighted by Crippen LogP contribution is 2.19. The smallest absolute Gasteiger partial charge is 0.257 e.